The molecule has 1 unspecified atom stereocenters. The second-order valence-corrected chi connectivity index (χ2v) is 3.67. The standard InChI is InChI=1S/C10H16N2O3/c11-4-6-12(5-3-10(13)14)8-9-2-1-7-15-9/h9H,1-3,5-8H2,(H,13,14). The molecule has 1 N–H and O–H groups in total. The monoisotopic (exact) mass is 212 g/mol. The highest BCUT2D eigenvalue weighted by atomic mass is 16.5. The van der Waals surface area contributed by atoms with E-state index in [1.54, 1.807) is 0 Å². The number of hydrogen-bond acceptors (Lipinski definition) is 4. The normalized spacial score (nSPS) is 20.4. The molecular formula is C10H16N2O3. The van der Waals surface area contributed by atoms with Gasteiger partial charge in [-0.05, 0) is 12.8 Å². The van der Waals surface area contributed by atoms with E-state index in [1.807, 2.05) is 11.0 Å². The highest BCUT2D eigenvalue weighted by Crippen LogP contribution is 2.13. The van der Waals surface area contributed by atoms with Crippen LogP contribution in [0.4, 0.5) is 0 Å². The Hall–Kier alpha value is -1.12. The molecule has 0 saturated carbocycles. The van der Waals surface area contributed by atoms with Crippen LogP contribution >= 0.6 is 0 Å². The third-order valence-corrected chi connectivity index (χ3v) is 2.42. The first kappa shape index (κ1) is 12.0. The van der Waals surface area contributed by atoms with Gasteiger partial charge in [0.25, 0.3) is 0 Å². The smallest absolute Gasteiger partial charge is 0.304 e. The van der Waals surface area contributed by atoms with Gasteiger partial charge in [-0.3, -0.25) is 9.69 Å². The van der Waals surface area contributed by atoms with Crippen molar-refractivity contribution in [2.24, 2.45) is 0 Å². The predicted octanol–water partition coefficient (Wildman–Crippen LogP) is 0.466. The number of carboxylic acid groups (broad SMARTS) is 1. The summed E-state index contributed by atoms with van der Waals surface area (Å²) < 4.78 is 5.44. The van der Waals surface area contributed by atoms with E-state index in [0.717, 1.165) is 19.4 Å². The predicted molar refractivity (Wildman–Crippen MR) is 53.3 cm³/mol. The zero-order valence-corrected chi connectivity index (χ0v) is 8.69. The van der Waals surface area contributed by atoms with E-state index in [2.05, 4.69) is 0 Å². The Morgan fingerprint density at radius 1 is 1.67 bits per heavy atom. The molecule has 15 heavy (non-hydrogen) atoms. The first-order valence-corrected chi connectivity index (χ1v) is 5.15. The zero-order valence-electron chi connectivity index (χ0n) is 8.69. The van der Waals surface area contributed by atoms with Crippen molar-refractivity contribution in [2.45, 2.75) is 25.4 Å². The van der Waals surface area contributed by atoms with Crippen molar-refractivity contribution in [1.82, 2.24) is 4.90 Å². The third kappa shape index (κ3) is 4.77. The van der Waals surface area contributed by atoms with Gasteiger partial charge in [-0.1, -0.05) is 0 Å². The summed E-state index contributed by atoms with van der Waals surface area (Å²) in [6.45, 7) is 2.14. The molecule has 1 saturated heterocycles. The van der Waals surface area contributed by atoms with Gasteiger partial charge in [0.2, 0.25) is 0 Å². The molecule has 1 rings (SSSR count). The van der Waals surface area contributed by atoms with E-state index in [-0.39, 0.29) is 19.1 Å². The van der Waals surface area contributed by atoms with Crippen molar-refractivity contribution in [1.29, 1.82) is 5.26 Å². The number of carboxylic acids is 1. The van der Waals surface area contributed by atoms with Crippen LogP contribution in [0.25, 0.3) is 0 Å². The molecule has 1 fully saturated rings. The maximum Gasteiger partial charge on any atom is 0.304 e. The second kappa shape index (κ2) is 6.38. The molecule has 1 heterocycles. The molecule has 84 valence electrons. The maximum absolute atomic E-state index is 10.4. The summed E-state index contributed by atoms with van der Waals surface area (Å²) in [6.07, 6.45) is 2.32. The molecule has 1 aliphatic rings. The number of nitrogens with zero attached hydrogens (tertiary/aromatic N) is 2. The minimum absolute atomic E-state index is 0.0778. The van der Waals surface area contributed by atoms with E-state index in [9.17, 15) is 4.79 Å². The summed E-state index contributed by atoms with van der Waals surface area (Å²) in [7, 11) is 0. The zero-order chi connectivity index (χ0) is 11.1. The molecule has 1 aliphatic heterocycles. The number of carbonyl (C=O) groups is 1. The lowest BCUT2D eigenvalue weighted by Crippen LogP contribution is -2.34. The lowest BCUT2D eigenvalue weighted by Gasteiger charge is -2.21. The van der Waals surface area contributed by atoms with Crippen LogP contribution in [-0.4, -0.2) is 48.3 Å². The van der Waals surface area contributed by atoms with Crippen LogP contribution in [0.2, 0.25) is 0 Å². The number of nitriles is 1. The van der Waals surface area contributed by atoms with Gasteiger partial charge in [-0.15, -0.1) is 0 Å². The third-order valence-electron chi connectivity index (χ3n) is 2.42. The quantitative estimate of drug-likeness (QED) is 0.648. The van der Waals surface area contributed by atoms with Crippen molar-refractivity contribution >= 4 is 5.97 Å². The molecule has 0 aromatic heterocycles. The van der Waals surface area contributed by atoms with Crippen LogP contribution in [0.1, 0.15) is 19.3 Å². The van der Waals surface area contributed by atoms with Crippen LogP contribution < -0.4 is 0 Å². The molecule has 0 amide bonds. The molecule has 0 aliphatic carbocycles. The van der Waals surface area contributed by atoms with E-state index in [1.165, 1.54) is 0 Å². The van der Waals surface area contributed by atoms with Gasteiger partial charge in [0, 0.05) is 19.7 Å². The van der Waals surface area contributed by atoms with Gasteiger partial charge < -0.3 is 9.84 Å². The van der Waals surface area contributed by atoms with Gasteiger partial charge in [-0.25, -0.2) is 0 Å². The Bertz CT molecular complexity index is 244. The summed E-state index contributed by atoms with van der Waals surface area (Å²) in [5.41, 5.74) is 0. The number of aliphatic carboxylic acids is 1. The van der Waals surface area contributed by atoms with Crippen molar-refractivity contribution in [3.63, 3.8) is 0 Å². The molecule has 0 radical (unpaired) electrons. The van der Waals surface area contributed by atoms with Crippen molar-refractivity contribution in [3.05, 3.63) is 0 Å². The molecule has 5 heteroatoms. The number of ether oxygens (including phenoxy) is 1. The average Bonchev–Trinajstić information content (AvgIpc) is 2.67. The van der Waals surface area contributed by atoms with E-state index in [0.29, 0.717) is 13.1 Å². The Kier molecular flexibility index (Phi) is 5.08. The lowest BCUT2D eigenvalue weighted by molar-refractivity contribution is -0.137. The highest BCUT2D eigenvalue weighted by molar-refractivity contribution is 5.66. The van der Waals surface area contributed by atoms with Crippen LogP contribution in [0.5, 0.6) is 0 Å². The second-order valence-electron chi connectivity index (χ2n) is 3.67. The van der Waals surface area contributed by atoms with Gasteiger partial charge in [0.05, 0.1) is 25.1 Å². The summed E-state index contributed by atoms with van der Waals surface area (Å²) in [5.74, 6) is -0.828. The Morgan fingerprint density at radius 2 is 2.47 bits per heavy atom. The molecule has 1 atom stereocenters. The van der Waals surface area contributed by atoms with Crippen molar-refractivity contribution in [3.8, 4) is 6.07 Å². The molecule has 0 spiro atoms. The van der Waals surface area contributed by atoms with Crippen molar-refractivity contribution < 1.29 is 14.6 Å². The van der Waals surface area contributed by atoms with Crippen LogP contribution in [-0.2, 0) is 9.53 Å². The van der Waals surface area contributed by atoms with Gasteiger partial charge in [-0.2, -0.15) is 5.26 Å². The van der Waals surface area contributed by atoms with Gasteiger partial charge in [0.1, 0.15) is 0 Å². The van der Waals surface area contributed by atoms with Crippen LogP contribution in [0.3, 0.4) is 0 Å². The molecule has 0 bridgehead atoms. The fourth-order valence-electron chi connectivity index (χ4n) is 1.66. The minimum Gasteiger partial charge on any atom is -0.481 e. The fraction of sp³-hybridized carbons (Fsp3) is 0.800. The highest BCUT2D eigenvalue weighted by Gasteiger charge is 2.19. The van der Waals surface area contributed by atoms with Crippen LogP contribution in [0.15, 0.2) is 0 Å². The SMILES string of the molecule is N#CCN(CCC(=O)O)CC1CCCO1. The first-order valence-electron chi connectivity index (χ1n) is 5.15. The largest absolute Gasteiger partial charge is 0.481 e. The number of hydrogen-bond donors (Lipinski definition) is 1. The maximum atomic E-state index is 10.4. The summed E-state index contributed by atoms with van der Waals surface area (Å²) >= 11 is 0. The van der Waals surface area contributed by atoms with Gasteiger partial charge >= 0.3 is 5.97 Å². The Labute approximate surface area is 89.2 Å². The average molecular weight is 212 g/mol. The van der Waals surface area contributed by atoms with Gasteiger partial charge in [0.15, 0.2) is 0 Å². The fourth-order valence-corrected chi connectivity index (χ4v) is 1.66. The summed E-state index contributed by atoms with van der Waals surface area (Å²) in [6, 6.07) is 2.04. The molecule has 0 aromatic carbocycles. The first-order chi connectivity index (χ1) is 7.22. The molecular weight excluding hydrogens is 196 g/mol. The summed E-state index contributed by atoms with van der Waals surface area (Å²) in [4.78, 5) is 12.2. The van der Waals surface area contributed by atoms with E-state index < -0.39 is 5.97 Å². The number of rotatable bonds is 6. The Morgan fingerprint density at radius 3 is 3.00 bits per heavy atom. The van der Waals surface area contributed by atoms with E-state index >= 15 is 0 Å². The van der Waals surface area contributed by atoms with E-state index in [4.69, 9.17) is 15.1 Å². The van der Waals surface area contributed by atoms with Crippen LogP contribution in [0, 0.1) is 11.3 Å². The van der Waals surface area contributed by atoms with Crippen molar-refractivity contribution in [2.75, 3.05) is 26.2 Å². The Balaban J connectivity index is 2.29. The minimum atomic E-state index is -0.828. The summed E-state index contributed by atoms with van der Waals surface area (Å²) in [5, 5.41) is 17.1. The molecule has 0 aromatic rings. The topological polar surface area (TPSA) is 73.6 Å². The lowest BCUT2D eigenvalue weighted by atomic mass is 10.2. The molecule has 5 nitrogen and oxygen atoms in total.